The maximum atomic E-state index is 5.73. The van der Waals surface area contributed by atoms with Gasteiger partial charge in [-0.2, -0.15) is 0 Å². The minimum Gasteiger partial charge on any atom is -0.326 e. The highest BCUT2D eigenvalue weighted by Crippen LogP contribution is 2.18. The molecule has 0 atom stereocenters. The zero-order valence-corrected chi connectivity index (χ0v) is 6.73. The van der Waals surface area contributed by atoms with Crippen LogP contribution in [0.15, 0.2) is 18.2 Å². The monoisotopic (exact) mass is 171 g/mol. The highest BCUT2D eigenvalue weighted by molar-refractivity contribution is 6.30. The molecule has 60 valence electrons. The number of hydrogen-bond donors (Lipinski definition) is 3. The summed E-state index contributed by atoms with van der Waals surface area (Å²) in [5.41, 5.74) is 9.71. The van der Waals surface area contributed by atoms with Crippen LogP contribution >= 0.6 is 11.6 Å². The average Bonchev–Trinajstić information content (AvgIpc) is 2.04. The van der Waals surface area contributed by atoms with E-state index in [0.717, 1.165) is 11.3 Å². The second-order valence-corrected chi connectivity index (χ2v) is 2.59. The molecule has 1 rings (SSSR count). The van der Waals surface area contributed by atoms with Gasteiger partial charge in [0, 0.05) is 11.6 Å². The van der Waals surface area contributed by atoms with Gasteiger partial charge in [-0.05, 0) is 23.8 Å². The lowest BCUT2D eigenvalue weighted by Crippen LogP contribution is -2.10. The van der Waals surface area contributed by atoms with Crippen LogP contribution in [0.1, 0.15) is 5.56 Å². The standard InChI is InChI=1S/C7H10ClN3/c8-6-1-2-7(11-10)5(3-6)4-9/h1-3,11H,4,9-10H2. The summed E-state index contributed by atoms with van der Waals surface area (Å²) in [5, 5.41) is 0.671. The predicted octanol–water partition coefficient (Wildman–Crippen LogP) is 1.08. The lowest BCUT2D eigenvalue weighted by Gasteiger charge is -2.05. The molecule has 0 bridgehead atoms. The van der Waals surface area contributed by atoms with E-state index in [0.29, 0.717) is 11.6 Å². The fraction of sp³-hybridized carbons (Fsp3) is 0.143. The molecule has 0 saturated carbocycles. The van der Waals surface area contributed by atoms with Crippen molar-refractivity contribution in [2.75, 3.05) is 5.43 Å². The van der Waals surface area contributed by atoms with Crippen molar-refractivity contribution in [1.29, 1.82) is 0 Å². The minimum absolute atomic E-state index is 0.431. The SMILES string of the molecule is NCc1cc(Cl)ccc1NN. The van der Waals surface area contributed by atoms with Gasteiger partial charge in [0.15, 0.2) is 0 Å². The second-order valence-electron chi connectivity index (χ2n) is 2.15. The number of nitrogen functional groups attached to an aromatic ring is 1. The molecular formula is C7H10ClN3. The third-order valence-electron chi connectivity index (χ3n) is 1.44. The quantitative estimate of drug-likeness (QED) is 0.461. The zero-order chi connectivity index (χ0) is 8.27. The third-order valence-corrected chi connectivity index (χ3v) is 1.68. The number of rotatable bonds is 2. The van der Waals surface area contributed by atoms with Crippen LogP contribution in [-0.2, 0) is 6.54 Å². The highest BCUT2D eigenvalue weighted by Gasteiger charge is 1.98. The number of hydrogen-bond acceptors (Lipinski definition) is 3. The van der Waals surface area contributed by atoms with Gasteiger partial charge >= 0.3 is 0 Å². The van der Waals surface area contributed by atoms with E-state index in [1.807, 2.05) is 0 Å². The molecule has 0 heterocycles. The van der Waals surface area contributed by atoms with Crippen LogP contribution in [0.25, 0.3) is 0 Å². The van der Waals surface area contributed by atoms with Crippen molar-refractivity contribution < 1.29 is 0 Å². The number of nitrogens with one attached hydrogen (secondary N) is 1. The molecule has 0 aromatic heterocycles. The van der Waals surface area contributed by atoms with Gasteiger partial charge < -0.3 is 11.2 Å². The van der Waals surface area contributed by atoms with Crippen LogP contribution in [-0.4, -0.2) is 0 Å². The van der Waals surface area contributed by atoms with Gasteiger partial charge in [-0.25, -0.2) is 0 Å². The van der Waals surface area contributed by atoms with Crippen molar-refractivity contribution in [1.82, 2.24) is 0 Å². The maximum absolute atomic E-state index is 5.73. The minimum atomic E-state index is 0.431. The molecule has 0 aliphatic rings. The molecule has 4 heteroatoms. The number of nitrogens with two attached hydrogens (primary N) is 2. The maximum Gasteiger partial charge on any atom is 0.0531 e. The van der Waals surface area contributed by atoms with Crippen molar-refractivity contribution in [3.05, 3.63) is 28.8 Å². The Labute approximate surface area is 70.3 Å². The summed E-state index contributed by atoms with van der Waals surface area (Å²) in [5.74, 6) is 5.23. The molecule has 1 aromatic carbocycles. The van der Waals surface area contributed by atoms with Crippen LogP contribution in [0.4, 0.5) is 5.69 Å². The lowest BCUT2D eigenvalue weighted by atomic mass is 10.2. The van der Waals surface area contributed by atoms with E-state index >= 15 is 0 Å². The van der Waals surface area contributed by atoms with E-state index in [2.05, 4.69) is 5.43 Å². The summed E-state index contributed by atoms with van der Waals surface area (Å²) in [6.45, 7) is 0.431. The Morgan fingerprint density at radius 2 is 2.18 bits per heavy atom. The van der Waals surface area contributed by atoms with Crippen LogP contribution < -0.4 is 17.0 Å². The van der Waals surface area contributed by atoms with E-state index in [-0.39, 0.29) is 0 Å². The largest absolute Gasteiger partial charge is 0.326 e. The Morgan fingerprint density at radius 1 is 1.45 bits per heavy atom. The molecule has 0 radical (unpaired) electrons. The van der Waals surface area contributed by atoms with Crippen molar-refractivity contribution >= 4 is 17.3 Å². The third kappa shape index (κ3) is 1.83. The molecule has 0 fully saturated rings. The fourth-order valence-corrected chi connectivity index (χ4v) is 1.07. The first-order valence-corrected chi connectivity index (χ1v) is 3.61. The summed E-state index contributed by atoms with van der Waals surface area (Å²) in [4.78, 5) is 0. The Hall–Kier alpha value is -0.770. The molecule has 0 spiro atoms. The van der Waals surface area contributed by atoms with Gasteiger partial charge in [0.25, 0.3) is 0 Å². The van der Waals surface area contributed by atoms with Crippen molar-refractivity contribution in [2.45, 2.75) is 6.54 Å². The van der Waals surface area contributed by atoms with Crippen molar-refractivity contribution in [3.8, 4) is 0 Å². The average molecular weight is 172 g/mol. The van der Waals surface area contributed by atoms with Gasteiger partial charge in [-0.3, -0.25) is 5.84 Å². The Kier molecular flexibility index (Phi) is 2.70. The predicted molar refractivity (Wildman–Crippen MR) is 47.2 cm³/mol. The normalized spacial score (nSPS) is 9.73. The van der Waals surface area contributed by atoms with Crippen LogP contribution in [0.3, 0.4) is 0 Å². The van der Waals surface area contributed by atoms with Gasteiger partial charge in [0.05, 0.1) is 5.69 Å². The highest BCUT2D eigenvalue weighted by atomic mass is 35.5. The molecule has 5 N–H and O–H groups in total. The first kappa shape index (κ1) is 8.33. The number of benzene rings is 1. The molecule has 0 saturated heterocycles. The van der Waals surface area contributed by atoms with Gasteiger partial charge in [-0.15, -0.1) is 0 Å². The summed E-state index contributed by atoms with van der Waals surface area (Å²) >= 11 is 5.73. The van der Waals surface area contributed by atoms with Gasteiger partial charge in [-0.1, -0.05) is 11.6 Å². The first-order valence-electron chi connectivity index (χ1n) is 3.23. The Balaban J connectivity index is 3.06. The molecule has 3 nitrogen and oxygen atoms in total. The van der Waals surface area contributed by atoms with E-state index in [9.17, 15) is 0 Å². The summed E-state index contributed by atoms with van der Waals surface area (Å²) in [7, 11) is 0. The molecule has 0 aliphatic heterocycles. The van der Waals surface area contributed by atoms with Crippen LogP contribution in [0.2, 0.25) is 5.02 Å². The van der Waals surface area contributed by atoms with Crippen LogP contribution in [0, 0.1) is 0 Å². The van der Waals surface area contributed by atoms with E-state index in [1.165, 1.54) is 0 Å². The smallest absolute Gasteiger partial charge is 0.0531 e. The summed E-state index contributed by atoms with van der Waals surface area (Å²) < 4.78 is 0. The topological polar surface area (TPSA) is 64.1 Å². The van der Waals surface area contributed by atoms with Gasteiger partial charge in [0.1, 0.15) is 0 Å². The summed E-state index contributed by atoms with van der Waals surface area (Å²) in [6.07, 6.45) is 0. The summed E-state index contributed by atoms with van der Waals surface area (Å²) in [6, 6.07) is 5.34. The number of anilines is 1. The lowest BCUT2D eigenvalue weighted by molar-refractivity contribution is 1.07. The van der Waals surface area contributed by atoms with Crippen LogP contribution in [0.5, 0.6) is 0 Å². The molecule has 11 heavy (non-hydrogen) atoms. The molecule has 0 amide bonds. The molecule has 0 unspecified atom stereocenters. The number of hydrazine groups is 1. The molecular weight excluding hydrogens is 162 g/mol. The fourth-order valence-electron chi connectivity index (χ4n) is 0.872. The Morgan fingerprint density at radius 3 is 2.73 bits per heavy atom. The van der Waals surface area contributed by atoms with E-state index in [1.54, 1.807) is 18.2 Å². The Bertz CT molecular complexity index is 249. The second kappa shape index (κ2) is 3.57. The zero-order valence-electron chi connectivity index (χ0n) is 5.97. The first-order chi connectivity index (χ1) is 5.27. The van der Waals surface area contributed by atoms with E-state index < -0.39 is 0 Å². The van der Waals surface area contributed by atoms with Crippen molar-refractivity contribution in [3.63, 3.8) is 0 Å². The van der Waals surface area contributed by atoms with E-state index in [4.69, 9.17) is 23.2 Å². The van der Waals surface area contributed by atoms with Crippen molar-refractivity contribution in [2.24, 2.45) is 11.6 Å². The van der Waals surface area contributed by atoms with Gasteiger partial charge in [0.2, 0.25) is 0 Å². The number of halogens is 1. The molecule has 1 aromatic rings. The molecule has 0 aliphatic carbocycles.